The van der Waals surface area contributed by atoms with Gasteiger partial charge in [-0.15, -0.1) is 0 Å². The number of rotatable bonds is 4. The molecule has 2 aromatic heterocycles. The highest BCUT2D eigenvalue weighted by molar-refractivity contribution is 5.36. The molecule has 0 saturated carbocycles. The minimum Gasteiger partial charge on any atom is -0.384 e. The van der Waals surface area contributed by atoms with Crippen molar-refractivity contribution in [1.82, 2.24) is 19.9 Å². The highest BCUT2D eigenvalue weighted by atomic mass is 15.1. The average Bonchev–Trinajstić information content (AvgIpc) is 2.79. The molecule has 16 heavy (non-hydrogen) atoms. The van der Waals surface area contributed by atoms with Gasteiger partial charge in [0.2, 0.25) is 5.95 Å². The van der Waals surface area contributed by atoms with Crippen LogP contribution in [0, 0.1) is 0 Å². The Kier molecular flexibility index (Phi) is 3.00. The van der Waals surface area contributed by atoms with Crippen molar-refractivity contribution in [2.75, 3.05) is 11.1 Å². The minimum absolute atomic E-state index is 0.0665. The van der Waals surface area contributed by atoms with Gasteiger partial charge in [-0.1, -0.05) is 6.92 Å². The number of nitrogens with one attached hydrogen (secondary N) is 2. The van der Waals surface area contributed by atoms with E-state index >= 15 is 0 Å². The lowest BCUT2D eigenvalue weighted by Gasteiger charge is -2.14. The Bertz CT molecular complexity index is 438. The third kappa shape index (κ3) is 2.28. The molecule has 6 nitrogen and oxygen atoms in total. The number of imidazole rings is 1. The number of hydrogen-bond donors (Lipinski definition) is 3. The number of anilines is 2. The molecule has 0 bridgehead atoms. The summed E-state index contributed by atoms with van der Waals surface area (Å²) < 4.78 is 0. The maximum absolute atomic E-state index is 5.58. The fraction of sp³-hybridized carbons (Fsp3) is 0.300. The molecule has 2 heterocycles. The third-order valence-electron chi connectivity index (χ3n) is 2.24. The van der Waals surface area contributed by atoms with Crippen LogP contribution >= 0.6 is 0 Å². The molecule has 84 valence electrons. The second-order valence-electron chi connectivity index (χ2n) is 3.38. The first kappa shape index (κ1) is 10.4. The molecule has 0 aliphatic carbocycles. The van der Waals surface area contributed by atoms with Gasteiger partial charge >= 0.3 is 0 Å². The number of aromatic amines is 1. The first-order chi connectivity index (χ1) is 7.79. The van der Waals surface area contributed by atoms with Crippen LogP contribution in [0.25, 0.3) is 0 Å². The van der Waals surface area contributed by atoms with Crippen LogP contribution in [0.5, 0.6) is 0 Å². The normalized spacial score (nSPS) is 12.3. The van der Waals surface area contributed by atoms with Gasteiger partial charge in [-0.25, -0.2) is 9.97 Å². The van der Waals surface area contributed by atoms with Crippen molar-refractivity contribution in [3.8, 4) is 0 Å². The third-order valence-corrected chi connectivity index (χ3v) is 2.24. The predicted molar refractivity (Wildman–Crippen MR) is 61.7 cm³/mol. The van der Waals surface area contributed by atoms with Gasteiger partial charge in [0.05, 0.1) is 6.04 Å². The molecular weight excluding hydrogens is 204 g/mol. The maximum atomic E-state index is 5.58. The zero-order chi connectivity index (χ0) is 11.4. The highest BCUT2D eigenvalue weighted by Crippen LogP contribution is 2.16. The molecule has 0 radical (unpaired) electrons. The molecule has 0 aliphatic heterocycles. The summed E-state index contributed by atoms with van der Waals surface area (Å²) in [5, 5.41) is 3.18. The van der Waals surface area contributed by atoms with E-state index in [1.165, 1.54) is 0 Å². The van der Waals surface area contributed by atoms with E-state index in [2.05, 4.69) is 32.2 Å². The smallest absolute Gasteiger partial charge is 0.225 e. The Morgan fingerprint density at radius 3 is 2.94 bits per heavy atom. The van der Waals surface area contributed by atoms with Gasteiger partial charge in [0.25, 0.3) is 0 Å². The Hall–Kier alpha value is -2.11. The number of nitrogens with zero attached hydrogens (tertiary/aromatic N) is 3. The van der Waals surface area contributed by atoms with Gasteiger partial charge in [-0.2, -0.15) is 4.98 Å². The molecule has 0 aromatic carbocycles. The molecule has 0 aliphatic rings. The fourth-order valence-corrected chi connectivity index (χ4v) is 1.43. The van der Waals surface area contributed by atoms with Gasteiger partial charge in [-0.05, 0) is 12.5 Å². The summed E-state index contributed by atoms with van der Waals surface area (Å²) in [5.41, 5.74) is 5.58. The first-order valence-corrected chi connectivity index (χ1v) is 5.14. The monoisotopic (exact) mass is 218 g/mol. The Balaban J connectivity index is 2.13. The van der Waals surface area contributed by atoms with Gasteiger partial charge in [0, 0.05) is 18.6 Å². The summed E-state index contributed by atoms with van der Waals surface area (Å²) in [6, 6.07) is 1.72. The lowest BCUT2D eigenvalue weighted by atomic mass is 10.2. The van der Waals surface area contributed by atoms with Gasteiger partial charge in [0.15, 0.2) is 0 Å². The second kappa shape index (κ2) is 4.61. The largest absolute Gasteiger partial charge is 0.384 e. The molecule has 1 atom stereocenters. The summed E-state index contributed by atoms with van der Waals surface area (Å²) in [5.74, 6) is 1.84. The first-order valence-electron chi connectivity index (χ1n) is 5.14. The van der Waals surface area contributed by atoms with Gasteiger partial charge in [0.1, 0.15) is 11.6 Å². The van der Waals surface area contributed by atoms with E-state index in [-0.39, 0.29) is 6.04 Å². The molecule has 1 unspecified atom stereocenters. The number of H-pyrrole nitrogens is 1. The number of aromatic nitrogens is 4. The van der Waals surface area contributed by atoms with E-state index in [0.29, 0.717) is 11.8 Å². The molecule has 4 N–H and O–H groups in total. The Labute approximate surface area is 93.3 Å². The summed E-state index contributed by atoms with van der Waals surface area (Å²) in [4.78, 5) is 15.4. The molecule has 0 amide bonds. The van der Waals surface area contributed by atoms with Crippen molar-refractivity contribution in [2.24, 2.45) is 0 Å². The van der Waals surface area contributed by atoms with Crippen molar-refractivity contribution in [1.29, 1.82) is 0 Å². The van der Waals surface area contributed by atoms with Crippen molar-refractivity contribution in [3.63, 3.8) is 0 Å². The topological polar surface area (TPSA) is 92.5 Å². The predicted octanol–water partition coefficient (Wildman–Crippen LogP) is 1.35. The molecule has 0 fully saturated rings. The van der Waals surface area contributed by atoms with E-state index < -0.39 is 0 Å². The number of hydrogen-bond acceptors (Lipinski definition) is 5. The molecule has 0 spiro atoms. The van der Waals surface area contributed by atoms with Crippen LogP contribution in [0.15, 0.2) is 24.7 Å². The molecule has 6 heteroatoms. The Morgan fingerprint density at radius 1 is 1.44 bits per heavy atom. The molecular formula is C10H14N6. The molecule has 2 aromatic rings. The number of nitrogen functional groups attached to an aromatic ring is 1. The summed E-state index contributed by atoms with van der Waals surface area (Å²) >= 11 is 0. The quantitative estimate of drug-likeness (QED) is 0.720. The van der Waals surface area contributed by atoms with E-state index in [1.54, 1.807) is 24.7 Å². The van der Waals surface area contributed by atoms with Gasteiger partial charge in [-0.3, -0.25) is 0 Å². The molecule has 0 saturated heterocycles. The van der Waals surface area contributed by atoms with E-state index in [9.17, 15) is 0 Å². The van der Waals surface area contributed by atoms with E-state index in [0.717, 1.165) is 12.2 Å². The van der Waals surface area contributed by atoms with Crippen LogP contribution in [0.1, 0.15) is 25.2 Å². The maximum Gasteiger partial charge on any atom is 0.225 e. The van der Waals surface area contributed by atoms with E-state index in [4.69, 9.17) is 5.73 Å². The van der Waals surface area contributed by atoms with Gasteiger partial charge < -0.3 is 16.0 Å². The van der Waals surface area contributed by atoms with Crippen LogP contribution in [-0.2, 0) is 0 Å². The molecule has 2 rings (SSSR count). The highest BCUT2D eigenvalue weighted by Gasteiger charge is 2.12. The lowest BCUT2D eigenvalue weighted by molar-refractivity contribution is 0.696. The van der Waals surface area contributed by atoms with Crippen molar-refractivity contribution in [3.05, 3.63) is 30.5 Å². The number of nitrogens with two attached hydrogens (primary N) is 1. The fourth-order valence-electron chi connectivity index (χ4n) is 1.43. The average molecular weight is 218 g/mol. The second-order valence-corrected chi connectivity index (χ2v) is 3.38. The van der Waals surface area contributed by atoms with E-state index in [1.807, 2.05) is 0 Å². The van der Waals surface area contributed by atoms with Crippen molar-refractivity contribution < 1.29 is 0 Å². The van der Waals surface area contributed by atoms with Crippen LogP contribution in [0.2, 0.25) is 0 Å². The zero-order valence-corrected chi connectivity index (χ0v) is 9.01. The standard InChI is InChI=1S/C10H14N6/c1-2-7(9-12-5-6-13-9)15-10-14-4-3-8(11)16-10/h3-7H,2H2,1H3,(H,12,13)(H3,11,14,15,16). The summed E-state index contributed by atoms with van der Waals surface area (Å²) in [6.07, 6.45) is 6.02. The Morgan fingerprint density at radius 2 is 2.31 bits per heavy atom. The van der Waals surface area contributed by atoms with Crippen LogP contribution < -0.4 is 11.1 Å². The van der Waals surface area contributed by atoms with Crippen molar-refractivity contribution >= 4 is 11.8 Å². The summed E-state index contributed by atoms with van der Waals surface area (Å²) in [7, 11) is 0. The van der Waals surface area contributed by atoms with Crippen LogP contribution in [-0.4, -0.2) is 19.9 Å². The van der Waals surface area contributed by atoms with Crippen LogP contribution in [0.4, 0.5) is 11.8 Å². The lowest BCUT2D eigenvalue weighted by Crippen LogP contribution is -2.13. The van der Waals surface area contributed by atoms with Crippen molar-refractivity contribution in [2.45, 2.75) is 19.4 Å². The minimum atomic E-state index is 0.0665. The zero-order valence-electron chi connectivity index (χ0n) is 9.01. The SMILES string of the molecule is CCC(Nc1nccc(N)n1)c1ncc[nH]1. The summed E-state index contributed by atoms with van der Waals surface area (Å²) in [6.45, 7) is 2.06. The van der Waals surface area contributed by atoms with Crippen LogP contribution in [0.3, 0.4) is 0 Å².